The molecule has 2 unspecified atom stereocenters. The molecule has 0 bridgehead atoms. The molecular formula is C14H30N2. The van der Waals surface area contributed by atoms with E-state index in [0.29, 0.717) is 0 Å². The van der Waals surface area contributed by atoms with Gasteiger partial charge in [0.2, 0.25) is 0 Å². The lowest BCUT2D eigenvalue weighted by molar-refractivity contribution is 0.179. The van der Waals surface area contributed by atoms with Gasteiger partial charge in [0.25, 0.3) is 0 Å². The van der Waals surface area contributed by atoms with Gasteiger partial charge in [0.15, 0.2) is 0 Å². The molecular weight excluding hydrogens is 196 g/mol. The maximum absolute atomic E-state index is 3.51. The summed E-state index contributed by atoms with van der Waals surface area (Å²) in [6, 6.07) is 0. The minimum absolute atomic E-state index is 0.781. The second-order valence-electron chi connectivity index (χ2n) is 6.40. The fraction of sp³-hybridized carbons (Fsp3) is 1.00. The largest absolute Gasteiger partial charge is 0.316 e. The van der Waals surface area contributed by atoms with Crippen molar-refractivity contribution >= 4 is 0 Å². The quantitative estimate of drug-likeness (QED) is 0.748. The Morgan fingerprint density at radius 3 is 2.00 bits per heavy atom. The van der Waals surface area contributed by atoms with Gasteiger partial charge in [-0.15, -0.1) is 0 Å². The van der Waals surface area contributed by atoms with E-state index in [1.165, 1.54) is 32.7 Å². The van der Waals surface area contributed by atoms with Crippen LogP contribution in [0.1, 0.15) is 34.6 Å². The summed E-state index contributed by atoms with van der Waals surface area (Å²) in [5.74, 6) is 3.27. The predicted molar refractivity (Wildman–Crippen MR) is 71.6 cm³/mol. The van der Waals surface area contributed by atoms with Crippen molar-refractivity contribution in [3.63, 3.8) is 0 Å². The summed E-state index contributed by atoms with van der Waals surface area (Å²) >= 11 is 0. The van der Waals surface area contributed by atoms with Gasteiger partial charge in [0.1, 0.15) is 0 Å². The third-order valence-corrected chi connectivity index (χ3v) is 3.42. The second kappa shape index (κ2) is 6.61. The van der Waals surface area contributed by atoms with Gasteiger partial charge in [-0.3, -0.25) is 0 Å². The van der Waals surface area contributed by atoms with Gasteiger partial charge in [0.05, 0.1) is 0 Å². The van der Waals surface area contributed by atoms with Crippen LogP contribution in [0.3, 0.4) is 0 Å². The second-order valence-corrected chi connectivity index (χ2v) is 6.40. The molecule has 0 aromatic heterocycles. The van der Waals surface area contributed by atoms with Gasteiger partial charge in [-0.2, -0.15) is 0 Å². The molecule has 0 radical (unpaired) electrons. The Bertz CT molecular complexity index is 179. The maximum Gasteiger partial charge on any atom is 0.00251 e. The van der Waals surface area contributed by atoms with Crippen molar-refractivity contribution in [1.82, 2.24) is 10.2 Å². The molecule has 16 heavy (non-hydrogen) atoms. The highest BCUT2D eigenvalue weighted by Gasteiger charge is 2.25. The number of nitrogens with one attached hydrogen (secondary N) is 1. The molecule has 1 N–H and O–H groups in total. The van der Waals surface area contributed by atoms with E-state index < -0.39 is 0 Å². The van der Waals surface area contributed by atoms with Crippen LogP contribution in [0.4, 0.5) is 0 Å². The lowest BCUT2D eigenvalue weighted by Crippen LogP contribution is -2.37. The first-order valence-corrected chi connectivity index (χ1v) is 6.92. The summed E-state index contributed by atoms with van der Waals surface area (Å²) in [7, 11) is 0. The molecule has 1 saturated heterocycles. The van der Waals surface area contributed by atoms with E-state index in [1.54, 1.807) is 0 Å². The molecule has 1 aliphatic rings. The molecule has 0 aromatic carbocycles. The molecule has 1 aliphatic heterocycles. The first-order chi connectivity index (χ1) is 7.49. The zero-order valence-electron chi connectivity index (χ0n) is 11.8. The SMILES string of the molecule is CC(C)CN(CC(C)C)CC1CNCC1C. The van der Waals surface area contributed by atoms with Crippen molar-refractivity contribution in [2.45, 2.75) is 34.6 Å². The lowest BCUT2D eigenvalue weighted by Gasteiger charge is -2.29. The molecule has 2 heteroatoms. The number of hydrogen-bond acceptors (Lipinski definition) is 2. The summed E-state index contributed by atoms with van der Waals surface area (Å²) < 4.78 is 0. The maximum atomic E-state index is 3.51. The van der Waals surface area contributed by atoms with Gasteiger partial charge < -0.3 is 10.2 Å². The Labute approximate surface area is 102 Å². The molecule has 2 atom stereocenters. The average Bonchev–Trinajstić information content (AvgIpc) is 2.49. The lowest BCUT2D eigenvalue weighted by atomic mass is 9.96. The fourth-order valence-corrected chi connectivity index (χ4v) is 2.70. The normalized spacial score (nSPS) is 26.2. The molecule has 1 rings (SSSR count). The molecule has 0 saturated carbocycles. The summed E-state index contributed by atoms with van der Waals surface area (Å²) in [5.41, 5.74) is 0. The molecule has 0 aliphatic carbocycles. The highest BCUT2D eigenvalue weighted by atomic mass is 15.1. The van der Waals surface area contributed by atoms with E-state index in [-0.39, 0.29) is 0 Å². The molecule has 0 amide bonds. The van der Waals surface area contributed by atoms with Crippen LogP contribution in [0.15, 0.2) is 0 Å². The predicted octanol–water partition coefficient (Wildman–Crippen LogP) is 2.46. The van der Waals surface area contributed by atoms with Crippen molar-refractivity contribution in [3.05, 3.63) is 0 Å². The van der Waals surface area contributed by atoms with Crippen molar-refractivity contribution in [1.29, 1.82) is 0 Å². The van der Waals surface area contributed by atoms with Crippen LogP contribution < -0.4 is 5.32 Å². The fourth-order valence-electron chi connectivity index (χ4n) is 2.70. The Morgan fingerprint density at radius 1 is 1.06 bits per heavy atom. The van der Waals surface area contributed by atoms with Crippen LogP contribution in [0.25, 0.3) is 0 Å². The first-order valence-electron chi connectivity index (χ1n) is 6.92. The van der Waals surface area contributed by atoms with Gasteiger partial charge in [-0.05, 0) is 36.8 Å². The standard InChI is InChI=1S/C14H30N2/c1-11(2)8-16(9-12(3)4)10-14-7-15-6-13(14)5/h11-15H,6-10H2,1-5H3. The van der Waals surface area contributed by atoms with Crippen molar-refractivity contribution < 1.29 is 0 Å². The average molecular weight is 226 g/mol. The van der Waals surface area contributed by atoms with Crippen LogP contribution in [0, 0.1) is 23.7 Å². The van der Waals surface area contributed by atoms with Gasteiger partial charge in [-0.25, -0.2) is 0 Å². The van der Waals surface area contributed by atoms with Crippen molar-refractivity contribution in [2.24, 2.45) is 23.7 Å². The van der Waals surface area contributed by atoms with E-state index in [2.05, 4.69) is 44.8 Å². The minimum Gasteiger partial charge on any atom is -0.316 e. The Hall–Kier alpha value is -0.0800. The third kappa shape index (κ3) is 4.84. The highest BCUT2D eigenvalue weighted by molar-refractivity contribution is 4.81. The van der Waals surface area contributed by atoms with E-state index in [1.807, 2.05) is 0 Å². The Morgan fingerprint density at radius 2 is 1.62 bits per heavy atom. The third-order valence-electron chi connectivity index (χ3n) is 3.42. The van der Waals surface area contributed by atoms with E-state index >= 15 is 0 Å². The molecule has 96 valence electrons. The summed E-state index contributed by atoms with van der Waals surface area (Å²) in [6.07, 6.45) is 0. The molecule has 2 nitrogen and oxygen atoms in total. The van der Waals surface area contributed by atoms with Gasteiger partial charge in [0, 0.05) is 19.6 Å². The number of nitrogens with zero attached hydrogens (tertiary/aromatic N) is 1. The molecule has 1 fully saturated rings. The van der Waals surface area contributed by atoms with E-state index in [0.717, 1.165) is 23.7 Å². The smallest absolute Gasteiger partial charge is 0.00251 e. The summed E-state index contributed by atoms with van der Waals surface area (Å²) in [5, 5.41) is 3.51. The van der Waals surface area contributed by atoms with Crippen LogP contribution in [-0.4, -0.2) is 37.6 Å². The zero-order valence-corrected chi connectivity index (χ0v) is 11.8. The van der Waals surface area contributed by atoms with Crippen LogP contribution in [0.2, 0.25) is 0 Å². The van der Waals surface area contributed by atoms with Crippen LogP contribution >= 0.6 is 0 Å². The summed E-state index contributed by atoms with van der Waals surface area (Å²) in [4.78, 5) is 2.67. The monoisotopic (exact) mass is 226 g/mol. The van der Waals surface area contributed by atoms with Crippen LogP contribution in [-0.2, 0) is 0 Å². The van der Waals surface area contributed by atoms with E-state index in [9.17, 15) is 0 Å². The van der Waals surface area contributed by atoms with Crippen molar-refractivity contribution in [3.8, 4) is 0 Å². The number of rotatable bonds is 6. The highest BCUT2D eigenvalue weighted by Crippen LogP contribution is 2.18. The minimum atomic E-state index is 0.781. The van der Waals surface area contributed by atoms with E-state index in [4.69, 9.17) is 0 Å². The Balaban J connectivity index is 2.41. The first kappa shape index (κ1) is 14.0. The number of hydrogen-bond donors (Lipinski definition) is 1. The van der Waals surface area contributed by atoms with Crippen molar-refractivity contribution in [2.75, 3.05) is 32.7 Å². The molecule has 0 aromatic rings. The Kier molecular flexibility index (Phi) is 5.77. The van der Waals surface area contributed by atoms with Gasteiger partial charge in [-0.1, -0.05) is 34.6 Å². The van der Waals surface area contributed by atoms with Crippen LogP contribution in [0.5, 0.6) is 0 Å². The molecule has 0 spiro atoms. The topological polar surface area (TPSA) is 15.3 Å². The molecule has 1 heterocycles. The summed E-state index contributed by atoms with van der Waals surface area (Å²) in [6.45, 7) is 17.9. The zero-order chi connectivity index (χ0) is 12.1. The van der Waals surface area contributed by atoms with Gasteiger partial charge >= 0.3 is 0 Å².